The van der Waals surface area contributed by atoms with Gasteiger partial charge in [-0.3, -0.25) is 0 Å². The van der Waals surface area contributed by atoms with E-state index in [9.17, 15) is 0 Å². The molecule has 0 aliphatic heterocycles. The number of ether oxygens (including phenoxy) is 1. The zero-order valence-corrected chi connectivity index (χ0v) is 19.2. The Kier molecular flexibility index (Phi) is 8.89. The molecule has 2 N–H and O–H groups in total. The smallest absolute Gasteiger partial charge is 0.192 e. The molecule has 0 saturated carbocycles. The van der Waals surface area contributed by atoms with Crippen molar-refractivity contribution in [2.75, 3.05) is 6.54 Å². The molecule has 7 heteroatoms. The number of aliphatic imine (C=N–C) groups is 1. The summed E-state index contributed by atoms with van der Waals surface area (Å²) in [5.41, 5.74) is 2.24. The molecular weight excluding hydrogens is 376 g/mol. The largest absolute Gasteiger partial charge is 0.490 e. The average Bonchev–Trinajstić information content (AvgIpc) is 3.00. The van der Waals surface area contributed by atoms with Crippen molar-refractivity contribution in [3.8, 4) is 5.75 Å². The number of guanidine groups is 1. The lowest BCUT2D eigenvalue weighted by Gasteiger charge is -2.19. The number of hydrogen-bond acceptors (Lipinski definition) is 4. The van der Waals surface area contributed by atoms with Crippen LogP contribution in [-0.4, -0.2) is 33.4 Å². The lowest BCUT2D eigenvalue weighted by Crippen LogP contribution is -2.37. The number of rotatable bonds is 10. The highest BCUT2D eigenvalue weighted by molar-refractivity contribution is 5.79. The first-order valence-electron chi connectivity index (χ1n) is 10.5. The van der Waals surface area contributed by atoms with Crippen molar-refractivity contribution in [3.05, 3.63) is 53.6 Å². The summed E-state index contributed by atoms with van der Waals surface area (Å²) in [6.07, 6.45) is 2.98. The molecule has 0 fully saturated rings. The van der Waals surface area contributed by atoms with Gasteiger partial charge in [0.25, 0.3) is 0 Å². The van der Waals surface area contributed by atoms with Crippen molar-refractivity contribution in [3.63, 3.8) is 0 Å². The fourth-order valence-corrected chi connectivity index (χ4v) is 3.11. The fourth-order valence-electron chi connectivity index (χ4n) is 3.11. The molecule has 1 heterocycles. The van der Waals surface area contributed by atoms with E-state index >= 15 is 0 Å². The predicted molar refractivity (Wildman–Crippen MR) is 123 cm³/mol. The summed E-state index contributed by atoms with van der Waals surface area (Å²) in [6.45, 7) is 16.0. The van der Waals surface area contributed by atoms with E-state index in [1.165, 1.54) is 5.56 Å². The third-order valence-electron chi connectivity index (χ3n) is 4.77. The SMILES string of the molecule is C=CCNC(=NCc1ccc(C)cc1OC(C)CC(C)C)NCc1nnc(C)n1C. The van der Waals surface area contributed by atoms with E-state index in [-0.39, 0.29) is 6.10 Å². The highest BCUT2D eigenvalue weighted by Gasteiger charge is 2.11. The molecule has 0 bridgehead atoms. The Labute approximate surface area is 180 Å². The van der Waals surface area contributed by atoms with E-state index < -0.39 is 0 Å². The van der Waals surface area contributed by atoms with Crippen molar-refractivity contribution in [2.45, 2.75) is 60.2 Å². The Balaban J connectivity index is 2.13. The molecule has 1 aromatic carbocycles. The number of aryl methyl sites for hydroxylation is 2. The average molecular weight is 413 g/mol. The topological polar surface area (TPSA) is 76.4 Å². The standard InChI is InChI=1S/C23H36N6O/c1-8-11-24-23(26-15-22-28-27-19(6)29(22)7)25-14-20-10-9-17(4)13-21(20)30-18(5)12-16(2)3/h8-10,13,16,18H,1,11-12,14-15H2,2-7H3,(H2,24,25,26). The van der Waals surface area contributed by atoms with Crippen molar-refractivity contribution >= 4 is 5.96 Å². The van der Waals surface area contributed by atoms with E-state index in [4.69, 9.17) is 9.73 Å². The third kappa shape index (κ3) is 7.21. The van der Waals surface area contributed by atoms with Gasteiger partial charge in [-0.15, -0.1) is 16.8 Å². The van der Waals surface area contributed by atoms with Crippen molar-refractivity contribution < 1.29 is 4.74 Å². The fraction of sp³-hybridized carbons (Fsp3) is 0.522. The first-order valence-corrected chi connectivity index (χ1v) is 10.5. The Bertz CT molecular complexity index is 855. The molecule has 2 rings (SSSR count). The molecule has 0 radical (unpaired) electrons. The normalized spacial score (nSPS) is 12.7. The molecule has 0 saturated heterocycles. The molecule has 1 atom stereocenters. The third-order valence-corrected chi connectivity index (χ3v) is 4.77. The van der Waals surface area contributed by atoms with Gasteiger partial charge in [0.05, 0.1) is 19.2 Å². The molecular formula is C23H36N6O. The summed E-state index contributed by atoms with van der Waals surface area (Å²) in [4.78, 5) is 4.75. The summed E-state index contributed by atoms with van der Waals surface area (Å²) in [5.74, 6) is 3.91. The summed E-state index contributed by atoms with van der Waals surface area (Å²) in [6, 6.07) is 6.28. The van der Waals surface area contributed by atoms with Gasteiger partial charge in [-0.2, -0.15) is 0 Å². The van der Waals surface area contributed by atoms with E-state index in [1.54, 1.807) is 6.08 Å². The maximum absolute atomic E-state index is 6.25. The summed E-state index contributed by atoms with van der Waals surface area (Å²) < 4.78 is 8.21. The number of nitrogens with one attached hydrogen (secondary N) is 2. The second kappa shape index (κ2) is 11.4. The summed E-state index contributed by atoms with van der Waals surface area (Å²) in [5, 5.41) is 14.9. The van der Waals surface area contributed by atoms with Gasteiger partial charge >= 0.3 is 0 Å². The lowest BCUT2D eigenvalue weighted by atomic mass is 10.1. The Hall–Kier alpha value is -2.83. The van der Waals surface area contributed by atoms with Crippen LogP contribution in [0.5, 0.6) is 5.75 Å². The zero-order valence-electron chi connectivity index (χ0n) is 19.2. The van der Waals surface area contributed by atoms with Crippen LogP contribution < -0.4 is 15.4 Å². The van der Waals surface area contributed by atoms with Crippen molar-refractivity contribution in [1.29, 1.82) is 0 Å². The van der Waals surface area contributed by atoms with Gasteiger partial charge in [0, 0.05) is 19.2 Å². The number of aromatic nitrogens is 3. The molecule has 0 spiro atoms. The molecule has 1 unspecified atom stereocenters. The van der Waals surface area contributed by atoms with Gasteiger partial charge < -0.3 is 19.9 Å². The maximum Gasteiger partial charge on any atom is 0.192 e. The first-order chi connectivity index (χ1) is 14.3. The Morgan fingerprint density at radius 2 is 2.00 bits per heavy atom. The quantitative estimate of drug-likeness (QED) is 0.354. The van der Waals surface area contributed by atoms with Crippen molar-refractivity contribution in [1.82, 2.24) is 25.4 Å². The molecule has 30 heavy (non-hydrogen) atoms. The van der Waals surface area contributed by atoms with Gasteiger partial charge in [-0.25, -0.2) is 4.99 Å². The van der Waals surface area contributed by atoms with Crippen LogP contribution >= 0.6 is 0 Å². The number of benzene rings is 1. The van der Waals surface area contributed by atoms with Crippen LogP contribution in [0.2, 0.25) is 0 Å². The predicted octanol–water partition coefficient (Wildman–Crippen LogP) is 3.67. The Morgan fingerprint density at radius 3 is 2.63 bits per heavy atom. The van der Waals surface area contributed by atoms with Crippen LogP contribution in [0, 0.1) is 19.8 Å². The highest BCUT2D eigenvalue weighted by atomic mass is 16.5. The molecule has 2 aromatic rings. The van der Waals surface area contributed by atoms with Gasteiger partial charge in [0.2, 0.25) is 0 Å². The molecule has 7 nitrogen and oxygen atoms in total. The lowest BCUT2D eigenvalue weighted by molar-refractivity contribution is 0.191. The molecule has 0 aliphatic rings. The van der Waals surface area contributed by atoms with Crippen LogP contribution in [0.3, 0.4) is 0 Å². The van der Waals surface area contributed by atoms with E-state index in [2.05, 4.69) is 73.3 Å². The van der Waals surface area contributed by atoms with E-state index in [0.717, 1.165) is 29.4 Å². The zero-order chi connectivity index (χ0) is 22.1. The van der Waals surface area contributed by atoms with Gasteiger partial charge in [-0.1, -0.05) is 32.1 Å². The molecule has 1 aromatic heterocycles. The number of nitrogens with zero attached hydrogens (tertiary/aromatic N) is 4. The number of hydrogen-bond donors (Lipinski definition) is 2. The first kappa shape index (κ1) is 23.4. The minimum absolute atomic E-state index is 0.158. The van der Waals surface area contributed by atoms with E-state index in [1.807, 2.05) is 18.5 Å². The molecule has 164 valence electrons. The maximum atomic E-state index is 6.25. The van der Waals surface area contributed by atoms with Crippen LogP contribution in [0.1, 0.15) is 50.0 Å². The Morgan fingerprint density at radius 1 is 1.23 bits per heavy atom. The van der Waals surface area contributed by atoms with Gasteiger partial charge in [-0.05, 0) is 44.7 Å². The van der Waals surface area contributed by atoms with Crippen LogP contribution in [0.25, 0.3) is 0 Å². The van der Waals surface area contributed by atoms with Crippen LogP contribution in [0.4, 0.5) is 0 Å². The van der Waals surface area contributed by atoms with Gasteiger partial charge in [0.15, 0.2) is 11.8 Å². The van der Waals surface area contributed by atoms with Gasteiger partial charge in [0.1, 0.15) is 11.6 Å². The molecule has 0 aliphatic carbocycles. The second-order valence-electron chi connectivity index (χ2n) is 8.08. The summed E-state index contributed by atoms with van der Waals surface area (Å²) >= 11 is 0. The van der Waals surface area contributed by atoms with E-state index in [0.29, 0.717) is 31.5 Å². The monoisotopic (exact) mass is 412 g/mol. The highest BCUT2D eigenvalue weighted by Crippen LogP contribution is 2.24. The van der Waals surface area contributed by atoms with Crippen molar-refractivity contribution in [2.24, 2.45) is 18.0 Å². The summed E-state index contributed by atoms with van der Waals surface area (Å²) in [7, 11) is 1.95. The second-order valence-corrected chi connectivity index (χ2v) is 8.08. The molecule has 0 amide bonds. The minimum Gasteiger partial charge on any atom is -0.490 e. The minimum atomic E-state index is 0.158. The van der Waals surface area contributed by atoms with Crippen LogP contribution in [0.15, 0.2) is 35.8 Å². The van der Waals surface area contributed by atoms with Crippen LogP contribution in [-0.2, 0) is 20.1 Å².